The number of hydrogen-bond donors (Lipinski definition) is 4. The summed E-state index contributed by atoms with van der Waals surface area (Å²) in [6.45, 7) is 8.46. The zero-order valence-corrected chi connectivity index (χ0v) is 32.7. The number of rotatable bonds is 15. The molecule has 0 spiro atoms. The lowest BCUT2D eigenvalue weighted by Gasteiger charge is -2.44. The zero-order chi connectivity index (χ0) is 37.6. The number of carbonyl (C=O) groups excluding carboxylic acids is 5. The third-order valence-electron chi connectivity index (χ3n) is 13.5. The maximum Gasteiger partial charge on any atom is 0.315 e. The third kappa shape index (κ3) is 8.17. The second kappa shape index (κ2) is 14.8. The first-order valence-corrected chi connectivity index (χ1v) is 21.6. The molecule has 1 aliphatic heterocycles. The Balaban J connectivity index is 1.22. The van der Waals surface area contributed by atoms with E-state index in [-0.39, 0.29) is 41.0 Å². The largest absolute Gasteiger partial charge is 0.347 e. The molecule has 6 rings (SSSR count). The number of fused-ring (bicyclic) bond motifs is 1. The monoisotopic (exact) mass is 746 g/mol. The fourth-order valence-electron chi connectivity index (χ4n) is 9.68. The summed E-state index contributed by atoms with van der Waals surface area (Å²) in [6.07, 6.45) is 12.2. The van der Waals surface area contributed by atoms with Crippen molar-refractivity contribution in [3.8, 4) is 0 Å². The van der Waals surface area contributed by atoms with E-state index >= 15 is 0 Å². The molecule has 5 amide bonds. The van der Waals surface area contributed by atoms with Gasteiger partial charge in [0.05, 0.1) is 17.3 Å². The summed E-state index contributed by atoms with van der Waals surface area (Å²) in [7, 11) is -2.00. The van der Waals surface area contributed by atoms with Crippen LogP contribution in [0.3, 0.4) is 0 Å². The Morgan fingerprint density at radius 2 is 1.48 bits per heavy atom. The van der Waals surface area contributed by atoms with Gasteiger partial charge in [0.15, 0.2) is 0 Å². The number of Topliss-reactive ketones (excluding diaryl/α,β-unsaturated/α-hetero) is 1. The van der Waals surface area contributed by atoms with Crippen LogP contribution in [0, 0.1) is 22.7 Å². The first-order chi connectivity index (χ1) is 24.5. The van der Waals surface area contributed by atoms with E-state index in [1.165, 1.54) is 4.31 Å². The summed E-state index contributed by atoms with van der Waals surface area (Å²) in [5.74, 6) is -2.35. The molecule has 0 bridgehead atoms. The average Bonchev–Trinajstić information content (AvgIpc) is 4.05. The first-order valence-electron chi connectivity index (χ1n) is 20.0. The summed E-state index contributed by atoms with van der Waals surface area (Å²) in [5, 5.41) is 11.8. The van der Waals surface area contributed by atoms with E-state index in [0.29, 0.717) is 32.2 Å². The minimum atomic E-state index is -3.63. The Bertz CT molecular complexity index is 1510. The molecule has 292 valence electrons. The number of carbonyl (C=O) groups is 5. The fraction of sp³-hybridized carbons (Fsp3) is 0.868. The predicted molar refractivity (Wildman–Crippen MR) is 196 cm³/mol. The van der Waals surface area contributed by atoms with E-state index in [1.807, 2.05) is 13.8 Å². The molecule has 0 aromatic carbocycles. The Labute approximate surface area is 309 Å². The lowest BCUT2D eigenvalue weighted by Crippen LogP contribution is -2.65. The molecule has 52 heavy (non-hydrogen) atoms. The first kappa shape index (κ1) is 39.0. The van der Waals surface area contributed by atoms with Crippen molar-refractivity contribution < 1.29 is 32.4 Å². The third-order valence-corrected chi connectivity index (χ3v) is 15.6. The van der Waals surface area contributed by atoms with Crippen molar-refractivity contribution in [3.63, 3.8) is 0 Å². The van der Waals surface area contributed by atoms with Gasteiger partial charge in [0.1, 0.15) is 12.1 Å². The molecule has 5 aliphatic carbocycles. The maximum atomic E-state index is 14.9. The van der Waals surface area contributed by atoms with Crippen LogP contribution in [0.5, 0.6) is 0 Å². The van der Waals surface area contributed by atoms with Crippen LogP contribution >= 0.6 is 0 Å². The van der Waals surface area contributed by atoms with Crippen molar-refractivity contribution in [2.24, 2.45) is 22.7 Å². The van der Waals surface area contributed by atoms with Gasteiger partial charge in [-0.25, -0.2) is 17.5 Å². The van der Waals surface area contributed by atoms with E-state index < -0.39 is 62.7 Å². The molecule has 0 aromatic heterocycles. The topological polar surface area (TPSA) is 174 Å². The number of amides is 5. The molecule has 6 aliphatic rings. The fourth-order valence-corrected chi connectivity index (χ4v) is 11.6. The molecule has 0 aromatic rings. The summed E-state index contributed by atoms with van der Waals surface area (Å²) in [5.41, 5.74) is -1.71. The van der Waals surface area contributed by atoms with Crippen LogP contribution in [0.4, 0.5) is 4.79 Å². The number of likely N-dealkylation sites (tertiary alicyclic amines) is 1. The van der Waals surface area contributed by atoms with Crippen molar-refractivity contribution in [2.45, 2.75) is 166 Å². The molecule has 0 unspecified atom stereocenters. The van der Waals surface area contributed by atoms with Gasteiger partial charge in [-0.1, -0.05) is 72.6 Å². The van der Waals surface area contributed by atoms with Crippen molar-refractivity contribution >= 4 is 39.6 Å². The van der Waals surface area contributed by atoms with Gasteiger partial charge in [0.2, 0.25) is 27.6 Å². The van der Waals surface area contributed by atoms with Crippen LogP contribution in [0.1, 0.15) is 130 Å². The summed E-state index contributed by atoms with van der Waals surface area (Å²) >= 11 is 0. The summed E-state index contributed by atoms with van der Waals surface area (Å²) in [4.78, 5) is 70.8. The molecule has 4 N–H and O–H groups in total. The number of urea groups is 1. The number of hydrogen-bond acceptors (Lipinski definition) is 7. The number of piperidine rings is 1. The van der Waals surface area contributed by atoms with Crippen LogP contribution in [-0.2, 0) is 29.2 Å². The van der Waals surface area contributed by atoms with Gasteiger partial charge in [0, 0.05) is 25.7 Å². The number of nitrogens with one attached hydrogen (secondary N) is 4. The molecule has 5 atom stereocenters. The van der Waals surface area contributed by atoms with Crippen molar-refractivity contribution in [3.05, 3.63) is 0 Å². The minimum absolute atomic E-state index is 0.00894. The number of sulfonamides is 1. The summed E-state index contributed by atoms with van der Waals surface area (Å²) < 4.78 is 28.5. The van der Waals surface area contributed by atoms with Crippen LogP contribution in [-0.4, -0.2) is 102 Å². The second-order valence-corrected chi connectivity index (χ2v) is 20.0. The Kier molecular flexibility index (Phi) is 11.1. The van der Waals surface area contributed by atoms with Gasteiger partial charge in [-0.3, -0.25) is 19.2 Å². The molecular weight excluding hydrogens is 685 g/mol. The molecule has 6 fully saturated rings. The summed E-state index contributed by atoms with van der Waals surface area (Å²) in [6, 6.07) is -3.31. The molecule has 13 nitrogen and oxygen atoms in total. The van der Waals surface area contributed by atoms with Gasteiger partial charge < -0.3 is 26.2 Å². The highest BCUT2D eigenvalue weighted by molar-refractivity contribution is 7.89. The number of nitrogens with zero attached hydrogens (tertiary/aromatic N) is 2. The van der Waals surface area contributed by atoms with Crippen molar-refractivity contribution in [1.29, 1.82) is 0 Å². The van der Waals surface area contributed by atoms with E-state index in [2.05, 4.69) is 35.1 Å². The smallest absolute Gasteiger partial charge is 0.315 e. The molecular formula is C38H62N6O7S. The molecule has 1 saturated heterocycles. The second-order valence-electron chi connectivity index (χ2n) is 17.9. The lowest BCUT2D eigenvalue weighted by atomic mass is 9.70. The number of ketones is 1. The van der Waals surface area contributed by atoms with E-state index in [9.17, 15) is 32.4 Å². The van der Waals surface area contributed by atoms with Crippen LogP contribution in [0.2, 0.25) is 0 Å². The van der Waals surface area contributed by atoms with Gasteiger partial charge in [-0.2, -0.15) is 0 Å². The van der Waals surface area contributed by atoms with Crippen molar-refractivity contribution in [1.82, 2.24) is 30.5 Å². The van der Waals surface area contributed by atoms with Gasteiger partial charge in [-0.05, 0) is 80.5 Å². The Morgan fingerprint density at radius 1 is 0.865 bits per heavy atom. The molecule has 0 radical (unpaired) electrons. The molecule has 14 heteroatoms. The van der Waals surface area contributed by atoms with Crippen molar-refractivity contribution in [2.75, 3.05) is 19.3 Å². The molecule has 5 saturated carbocycles. The van der Waals surface area contributed by atoms with Crippen LogP contribution in [0.15, 0.2) is 0 Å². The average molecular weight is 747 g/mol. The van der Waals surface area contributed by atoms with E-state index in [0.717, 1.165) is 77.0 Å². The maximum absolute atomic E-state index is 14.9. The highest BCUT2D eigenvalue weighted by Crippen LogP contribution is 2.65. The lowest BCUT2D eigenvalue weighted by molar-refractivity contribution is -0.146. The predicted octanol–water partition coefficient (Wildman–Crippen LogP) is 3.37. The SMILES string of the molecule is CCC[C@H](NC(=O)[C@@H]1[C@@H]2[C@H](CN1C(=O)[C@@H](NC(=O)NC1(CS(=O)(=O)N(C)C3CC3)CCCCC1)C1(C)CCCCC1)C2(C)C)C(=O)C(=O)NC1CC1. The molecule has 1 heterocycles. The van der Waals surface area contributed by atoms with Gasteiger partial charge >= 0.3 is 6.03 Å². The highest BCUT2D eigenvalue weighted by atomic mass is 32.2. The van der Waals surface area contributed by atoms with Crippen LogP contribution < -0.4 is 21.3 Å². The normalized spacial score (nSPS) is 28.6. The highest BCUT2D eigenvalue weighted by Gasteiger charge is 2.70. The van der Waals surface area contributed by atoms with Gasteiger partial charge in [-0.15, -0.1) is 0 Å². The quantitative estimate of drug-likeness (QED) is 0.186. The van der Waals surface area contributed by atoms with E-state index in [1.54, 1.807) is 11.9 Å². The Hall–Kier alpha value is -2.74. The standard InChI is InChI=1S/C38H62N6O7S/c1-6-13-27(30(45)33(47)39-24-14-15-24)40-32(46)29-28-26(36(28,2)3)22-44(29)34(48)31(37(4)18-9-7-10-19-37)41-35(49)42-38(20-11-8-12-21-38)23-52(50,51)43(5)25-16-17-25/h24-29,31H,6-23H2,1-5H3,(H,39,47)(H,40,46)(H2,41,42,49)/t26-,27-,28-,29-,31+/m0/s1. The zero-order valence-electron chi connectivity index (χ0n) is 31.9. The van der Waals surface area contributed by atoms with Gasteiger partial charge in [0.25, 0.3) is 5.91 Å². The Morgan fingerprint density at radius 3 is 2.06 bits per heavy atom. The van der Waals surface area contributed by atoms with Crippen LogP contribution in [0.25, 0.3) is 0 Å². The van der Waals surface area contributed by atoms with E-state index in [4.69, 9.17) is 0 Å². The minimum Gasteiger partial charge on any atom is -0.347 e.